The van der Waals surface area contributed by atoms with E-state index in [2.05, 4.69) is 0 Å². The monoisotopic (exact) mass is 315 g/mol. The Morgan fingerprint density at radius 2 is 1.91 bits per heavy atom. The third-order valence-corrected chi connectivity index (χ3v) is 3.43. The van der Waals surface area contributed by atoms with Gasteiger partial charge >= 0.3 is 18.0 Å². The molecule has 1 N–H and O–H groups in total. The molecule has 1 fully saturated rings. The molecular formula is C15H25NO6. The molecule has 0 bridgehead atoms. The Balaban J connectivity index is 2.92. The SMILES string of the molecule is CCOC(=O)C1(CC(=O)O)CCCN(C(=O)OC(C)(C)C)C1. The molecule has 1 atom stereocenters. The van der Waals surface area contributed by atoms with Crippen LogP contribution in [0.2, 0.25) is 0 Å². The molecule has 1 unspecified atom stereocenters. The number of likely N-dealkylation sites (tertiary alicyclic amines) is 1. The van der Waals surface area contributed by atoms with Gasteiger partial charge in [-0.1, -0.05) is 0 Å². The number of hydrogen-bond donors (Lipinski definition) is 1. The third kappa shape index (κ3) is 4.89. The Morgan fingerprint density at radius 1 is 1.27 bits per heavy atom. The Labute approximate surface area is 130 Å². The van der Waals surface area contributed by atoms with Gasteiger partial charge in [0.15, 0.2) is 0 Å². The molecule has 0 aliphatic carbocycles. The van der Waals surface area contributed by atoms with E-state index in [9.17, 15) is 14.4 Å². The van der Waals surface area contributed by atoms with Crippen LogP contribution in [0.3, 0.4) is 0 Å². The minimum Gasteiger partial charge on any atom is -0.481 e. The van der Waals surface area contributed by atoms with E-state index < -0.39 is 29.0 Å². The molecular weight excluding hydrogens is 290 g/mol. The largest absolute Gasteiger partial charge is 0.481 e. The molecule has 7 heteroatoms. The van der Waals surface area contributed by atoms with Gasteiger partial charge in [0.25, 0.3) is 0 Å². The van der Waals surface area contributed by atoms with Crippen molar-refractivity contribution in [2.45, 2.75) is 52.6 Å². The summed E-state index contributed by atoms with van der Waals surface area (Å²) in [4.78, 5) is 37.0. The lowest BCUT2D eigenvalue weighted by Crippen LogP contribution is -2.52. The molecule has 7 nitrogen and oxygen atoms in total. The van der Waals surface area contributed by atoms with Crippen LogP contribution in [0, 0.1) is 5.41 Å². The molecule has 0 aromatic heterocycles. The van der Waals surface area contributed by atoms with Gasteiger partial charge in [-0.2, -0.15) is 0 Å². The van der Waals surface area contributed by atoms with Crippen molar-refractivity contribution in [3.05, 3.63) is 0 Å². The van der Waals surface area contributed by atoms with Crippen LogP contribution in [0.4, 0.5) is 4.79 Å². The van der Waals surface area contributed by atoms with Crippen LogP contribution in [0.5, 0.6) is 0 Å². The van der Waals surface area contributed by atoms with Gasteiger partial charge in [-0.15, -0.1) is 0 Å². The second-order valence-electron chi connectivity index (χ2n) is 6.58. The fourth-order valence-electron chi connectivity index (χ4n) is 2.57. The maximum atomic E-state index is 12.2. The van der Waals surface area contributed by atoms with Crippen LogP contribution >= 0.6 is 0 Å². The van der Waals surface area contributed by atoms with Crippen LogP contribution in [0.15, 0.2) is 0 Å². The molecule has 1 heterocycles. The van der Waals surface area contributed by atoms with Gasteiger partial charge in [0.05, 0.1) is 18.4 Å². The summed E-state index contributed by atoms with van der Waals surface area (Å²) < 4.78 is 10.3. The molecule has 1 amide bonds. The first-order chi connectivity index (χ1) is 10.1. The maximum absolute atomic E-state index is 12.2. The number of nitrogens with zero attached hydrogens (tertiary/aromatic N) is 1. The van der Waals surface area contributed by atoms with E-state index >= 15 is 0 Å². The number of carboxylic acid groups (broad SMARTS) is 1. The second kappa shape index (κ2) is 6.98. The molecule has 0 radical (unpaired) electrons. The van der Waals surface area contributed by atoms with Crippen LogP contribution in [-0.4, -0.2) is 53.3 Å². The summed E-state index contributed by atoms with van der Waals surface area (Å²) in [6.07, 6.45) is 0.0275. The van der Waals surface area contributed by atoms with Crippen LogP contribution in [0.25, 0.3) is 0 Å². The van der Waals surface area contributed by atoms with Crippen molar-refractivity contribution in [2.75, 3.05) is 19.7 Å². The number of rotatable bonds is 4. The van der Waals surface area contributed by atoms with E-state index in [0.29, 0.717) is 19.4 Å². The highest BCUT2D eigenvalue weighted by molar-refractivity contribution is 5.84. The third-order valence-electron chi connectivity index (χ3n) is 3.43. The van der Waals surface area contributed by atoms with E-state index in [1.54, 1.807) is 27.7 Å². The fourth-order valence-corrected chi connectivity index (χ4v) is 2.57. The van der Waals surface area contributed by atoms with Gasteiger partial charge < -0.3 is 19.5 Å². The van der Waals surface area contributed by atoms with Gasteiger partial charge in [0, 0.05) is 13.1 Å². The Kier molecular flexibility index (Phi) is 5.79. The van der Waals surface area contributed by atoms with E-state index in [1.807, 2.05) is 0 Å². The number of carbonyl (C=O) groups excluding carboxylic acids is 2. The topological polar surface area (TPSA) is 93.1 Å². The molecule has 0 aromatic rings. The molecule has 1 aliphatic rings. The van der Waals surface area contributed by atoms with Crippen LogP contribution in [0.1, 0.15) is 47.0 Å². The first-order valence-corrected chi connectivity index (χ1v) is 7.46. The van der Waals surface area contributed by atoms with Gasteiger partial charge in [-0.25, -0.2) is 4.79 Å². The number of piperidine rings is 1. The molecule has 126 valence electrons. The lowest BCUT2D eigenvalue weighted by Gasteiger charge is -2.40. The summed E-state index contributed by atoms with van der Waals surface area (Å²) in [5.74, 6) is -1.65. The van der Waals surface area contributed by atoms with Gasteiger partial charge in [0.2, 0.25) is 0 Å². The maximum Gasteiger partial charge on any atom is 0.410 e. The first kappa shape index (κ1) is 18.3. The van der Waals surface area contributed by atoms with Crippen molar-refractivity contribution in [3.8, 4) is 0 Å². The van der Waals surface area contributed by atoms with Crippen LogP contribution in [-0.2, 0) is 19.1 Å². The van der Waals surface area contributed by atoms with Gasteiger partial charge in [0.1, 0.15) is 5.60 Å². The molecule has 1 aliphatic heterocycles. The average molecular weight is 315 g/mol. The molecule has 22 heavy (non-hydrogen) atoms. The van der Waals surface area contributed by atoms with Gasteiger partial charge in [-0.05, 0) is 40.5 Å². The number of hydrogen-bond acceptors (Lipinski definition) is 5. The standard InChI is InChI=1S/C15H25NO6/c1-5-21-12(19)15(9-11(17)18)7-6-8-16(10-15)13(20)22-14(2,3)4/h5-10H2,1-4H3,(H,17,18). The minimum absolute atomic E-state index is 0.00699. The fraction of sp³-hybridized carbons (Fsp3) is 0.800. The zero-order chi connectivity index (χ0) is 17.0. The van der Waals surface area contributed by atoms with E-state index in [0.717, 1.165) is 0 Å². The quantitative estimate of drug-likeness (QED) is 0.798. The lowest BCUT2D eigenvalue weighted by atomic mass is 9.77. The average Bonchev–Trinajstić information content (AvgIpc) is 2.36. The molecule has 0 spiro atoms. The summed E-state index contributed by atoms with van der Waals surface area (Å²) in [5.41, 5.74) is -1.84. The van der Waals surface area contributed by atoms with Gasteiger partial charge in [-0.3, -0.25) is 9.59 Å². The number of aliphatic carboxylic acids is 1. The highest BCUT2D eigenvalue weighted by Crippen LogP contribution is 2.35. The summed E-state index contributed by atoms with van der Waals surface area (Å²) in [6, 6.07) is 0. The van der Waals surface area contributed by atoms with Crippen molar-refractivity contribution in [2.24, 2.45) is 5.41 Å². The number of ether oxygens (including phenoxy) is 2. The van der Waals surface area contributed by atoms with E-state index in [1.165, 1.54) is 4.90 Å². The number of carbonyl (C=O) groups is 3. The molecule has 1 saturated heterocycles. The minimum atomic E-state index is -1.20. The predicted molar refractivity (Wildman–Crippen MR) is 78.4 cm³/mol. The smallest absolute Gasteiger partial charge is 0.410 e. The first-order valence-electron chi connectivity index (χ1n) is 7.46. The molecule has 0 aromatic carbocycles. The second-order valence-corrected chi connectivity index (χ2v) is 6.58. The summed E-state index contributed by atoms with van der Waals surface area (Å²) in [5, 5.41) is 9.12. The number of esters is 1. The highest BCUT2D eigenvalue weighted by atomic mass is 16.6. The molecule has 0 saturated carbocycles. The lowest BCUT2D eigenvalue weighted by molar-refractivity contribution is -0.164. The Hall–Kier alpha value is -1.79. The van der Waals surface area contributed by atoms with Crippen LogP contribution < -0.4 is 0 Å². The van der Waals surface area contributed by atoms with Crippen molar-refractivity contribution in [1.82, 2.24) is 4.90 Å². The summed E-state index contributed by atoms with van der Waals surface area (Å²) >= 11 is 0. The highest BCUT2D eigenvalue weighted by Gasteiger charge is 2.47. The predicted octanol–water partition coefficient (Wildman–Crippen LogP) is 2.04. The number of amides is 1. The summed E-state index contributed by atoms with van der Waals surface area (Å²) in [6.45, 7) is 7.55. The number of carboxylic acids is 1. The zero-order valence-corrected chi connectivity index (χ0v) is 13.7. The Bertz CT molecular complexity index is 442. The van der Waals surface area contributed by atoms with Crippen molar-refractivity contribution < 1.29 is 29.0 Å². The van der Waals surface area contributed by atoms with Crippen molar-refractivity contribution in [3.63, 3.8) is 0 Å². The Morgan fingerprint density at radius 3 is 2.41 bits per heavy atom. The van der Waals surface area contributed by atoms with E-state index in [4.69, 9.17) is 14.6 Å². The van der Waals surface area contributed by atoms with Crippen molar-refractivity contribution in [1.29, 1.82) is 0 Å². The zero-order valence-electron chi connectivity index (χ0n) is 13.7. The summed E-state index contributed by atoms with van der Waals surface area (Å²) in [7, 11) is 0. The van der Waals surface area contributed by atoms with Crippen molar-refractivity contribution >= 4 is 18.0 Å². The molecule has 1 rings (SSSR count). The normalized spacial score (nSPS) is 22.1. The van der Waals surface area contributed by atoms with E-state index in [-0.39, 0.29) is 19.6 Å².